The van der Waals surface area contributed by atoms with Crippen molar-refractivity contribution < 1.29 is 9.53 Å². The zero-order chi connectivity index (χ0) is 13.9. The van der Waals surface area contributed by atoms with Gasteiger partial charge in [-0.15, -0.1) is 0 Å². The van der Waals surface area contributed by atoms with E-state index in [1.54, 1.807) is 0 Å². The summed E-state index contributed by atoms with van der Waals surface area (Å²) in [7, 11) is 0. The average Bonchev–Trinajstić information content (AvgIpc) is 2.73. The zero-order valence-corrected chi connectivity index (χ0v) is 12.6. The molecule has 19 heavy (non-hydrogen) atoms. The lowest BCUT2D eigenvalue weighted by molar-refractivity contribution is 0.0926. The highest BCUT2D eigenvalue weighted by Crippen LogP contribution is 2.47. The van der Waals surface area contributed by atoms with E-state index in [-0.39, 0.29) is 12.1 Å². The van der Waals surface area contributed by atoms with Crippen molar-refractivity contribution in [2.75, 3.05) is 26.3 Å². The summed E-state index contributed by atoms with van der Waals surface area (Å²) in [5.74, 6) is 0.542. The Balaban J connectivity index is 1.66. The van der Waals surface area contributed by atoms with E-state index >= 15 is 0 Å². The van der Waals surface area contributed by atoms with Crippen LogP contribution in [0.3, 0.4) is 0 Å². The van der Waals surface area contributed by atoms with E-state index in [9.17, 15) is 4.79 Å². The molecule has 2 aliphatic rings. The molecule has 0 bridgehead atoms. The van der Waals surface area contributed by atoms with Crippen LogP contribution < -0.4 is 5.32 Å². The molecular weight excluding hydrogens is 240 g/mol. The molecule has 2 fully saturated rings. The molecule has 2 rings (SSSR count). The first-order valence-electron chi connectivity index (χ1n) is 7.64. The Morgan fingerprint density at radius 2 is 2.00 bits per heavy atom. The van der Waals surface area contributed by atoms with Gasteiger partial charge in [0, 0.05) is 19.7 Å². The fraction of sp³-hybridized carbons (Fsp3) is 0.933. The molecular formula is C15H28N2O2. The standard InChI is InChI=1S/C15H28N2O2/c1-12(2)9-19-10-13(3)16-14(18)17-8-7-15(11-17)5-4-6-15/h12-13H,4-11H2,1-3H3,(H,16,18). The van der Waals surface area contributed by atoms with E-state index < -0.39 is 0 Å². The second kappa shape index (κ2) is 6.12. The van der Waals surface area contributed by atoms with Crippen molar-refractivity contribution in [1.82, 2.24) is 10.2 Å². The monoisotopic (exact) mass is 268 g/mol. The molecule has 0 radical (unpaired) electrons. The molecule has 110 valence electrons. The molecule has 1 spiro atoms. The largest absolute Gasteiger partial charge is 0.379 e. The highest BCUT2D eigenvalue weighted by atomic mass is 16.5. The van der Waals surface area contributed by atoms with Gasteiger partial charge >= 0.3 is 6.03 Å². The van der Waals surface area contributed by atoms with E-state index in [0.29, 0.717) is 17.9 Å². The van der Waals surface area contributed by atoms with E-state index in [4.69, 9.17) is 4.74 Å². The van der Waals surface area contributed by atoms with Gasteiger partial charge in [0.15, 0.2) is 0 Å². The molecule has 4 heteroatoms. The summed E-state index contributed by atoms with van der Waals surface area (Å²) < 4.78 is 5.56. The topological polar surface area (TPSA) is 41.6 Å². The van der Waals surface area contributed by atoms with Crippen LogP contribution in [0.15, 0.2) is 0 Å². The molecule has 1 saturated carbocycles. The van der Waals surface area contributed by atoms with E-state index in [2.05, 4.69) is 19.2 Å². The number of carbonyl (C=O) groups is 1. The maximum Gasteiger partial charge on any atom is 0.317 e. The summed E-state index contributed by atoms with van der Waals surface area (Å²) in [6.45, 7) is 9.50. The van der Waals surface area contributed by atoms with Gasteiger partial charge in [-0.3, -0.25) is 0 Å². The Hall–Kier alpha value is -0.770. The quantitative estimate of drug-likeness (QED) is 0.833. The van der Waals surface area contributed by atoms with Crippen LogP contribution >= 0.6 is 0 Å². The van der Waals surface area contributed by atoms with Crippen molar-refractivity contribution in [2.45, 2.75) is 52.5 Å². The summed E-state index contributed by atoms with van der Waals surface area (Å²) in [5, 5.41) is 3.04. The minimum atomic E-state index is 0.0872. The maximum atomic E-state index is 12.1. The smallest absolute Gasteiger partial charge is 0.317 e. The summed E-state index contributed by atoms with van der Waals surface area (Å²) in [6.07, 6.45) is 5.15. The number of hydrogen-bond donors (Lipinski definition) is 1. The Labute approximate surface area is 116 Å². The van der Waals surface area contributed by atoms with Crippen molar-refractivity contribution in [3.05, 3.63) is 0 Å². The number of rotatable bonds is 5. The molecule has 1 N–H and O–H groups in total. The number of likely N-dealkylation sites (tertiary alicyclic amines) is 1. The molecule has 0 aromatic carbocycles. The predicted octanol–water partition coefficient (Wildman–Crippen LogP) is 2.63. The van der Waals surface area contributed by atoms with Crippen LogP contribution in [0.2, 0.25) is 0 Å². The first-order valence-corrected chi connectivity index (χ1v) is 7.64. The number of urea groups is 1. The lowest BCUT2D eigenvalue weighted by Gasteiger charge is -2.38. The van der Waals surface area contributed by atoms with Gasteiger partial charge < -0.3 is 15.0 Å². The lowest BCUT2D eigenvalue weighted by atomic mass is 9.68. The fourth-order valence-corrected chi connectivity index (χ4v) is 3.02. The Bertz CT molecular complexity index is 313. The van der Waals surface area contributed by atoms with Crippen LogP contribution in [-0.4, -0.2) is 43.3 Å². The molecule has 2 amide bonds. The average molecular weight is 268 g/mol. The van der Waals surface area contributed by atoms with Gasteiger partial charge in [-0.2, -0.15) is 0 Å². The van der Waals surface area contributed by atoms with Gasteiger partial charge in [0.05, 0.1) is 12.6 Å². The molecule has 1 saturated heterocycles. The molecule has 1 aliphatic heterocycles. The van der Waals surface area contributed by atoms with Gasteiger partial charge in [-0.1, -0.05) is 20.3 Å². The summed E-state index contributed by atoms with van der Waals surface area (Å²) in [4.78, 5) is 14.1. The minimum Gasteiger partial charge on any atom is -0.379 e. The third kappa shape index (κ3) is 3.85. The summed E-state index contributed by atoms with van der Waals surface area (Å²) in [5.41, 5.74) is 0.481. The molecule has 0 aromatic heterocycles. The Morgan fingerprint density at radius 1 is 1.26 bits per heavy atom. The van der Waals surface area contributed by atoms with E-state index in [0.717, 1.165) is 19.7 Å². The third-order valence-electron chi connectivity index (χ3n) is 4.33. The number of carbonyl (C=O) groups excluding carboxylic acids is 1. The number of nitrogens with one attached hydrogen (secondary N) is 1. The molecule has 1 atom stereocenters. The second-order valence-electron chi connectivity index (χ2n) is 6.81. The van der Waals surface area contributed by atoms with Crippen LogP contribution in [0, 0.1) is 11.3 Å². The van der Waals surface area contributed by atoms with Crippen LogP contribution in [0.5, 0.6) is 0 Å². The minimum absolute atomic E-state index is 0.0872. The van der Waals surface area contributed by atoms with Gasteiger partial charge in [0.2, 0.25) is 0 Å². The van der Waals surface area contributed by atoms with Crippen molar-refractivity contribution >= 4 is 6.03 Å². The van der Waals surface area contributed by atoms with Gasteiger partial charge in [-0.25, -0.2) is 4.79 Å². The summed E-state index contributed by atoms with van der Waals surface area (Å²) >= 11 is 0. The van der Waals surface area contributed by atoms with Crippen molar-refractivity contribution in [3.8, 4) is 0 Å². The van der Waals surface area contributed by atoms with Crippen LogP contribution in [0.25, 0.3) is 0 Å². The third-order valence-corrected chi connectivity index (χ3v) is 4.33. The fourth-order valence-electron chi connectivity index (χ4n) is 3.02. The molecule has 0 aromatic rings. The number of hydrogen-bond acceptors (Lipinski definition) is 2. The zero-order valence-electron chi connectivity index (χ0n) is 12.6. The number of ether oxygens (including phenoxy) is 1. The van der Waals surface area contributed by atoms with E-state index in [1.807, 2.05) is 11.8 Å². The van der Waals surface area contributed by atoms with Crippen molar-refractivity contribution in [3.63, 3.8) is 0 Å². The lowest BCUT2D eigenvalue weighted by Crippen LogP contribution is -2.45. The van der Waals surface area contributed by atoms with Gasteiger partial charge in [0.25, 0.3) is 0 Å². The predicted molar refractivity (Wildman–Crippen MR) is 76.1 cm³/mol. The second-order valence-corrected chi connectivity index (χ2v) is 6.81. The SMILES string of the molecule is CC(C)COCC(C)NC(=O)N1CCC2(CCC2)C1. The maximum absolute atomic E-state index is 12.1. The Morgan fingerprint density at radius 3 is 2.53 bits per heavy atom. The normalized spacial score (nSPS) is 22.6. The molecule has 1 unspecified atom stereocenters. The number of amides is 2. The highest BCUT2D eigenvalue weighted by Gasteiger charge is 2.44. The van der Waals surface area contributed by atoms with Crippen molar-refractivity contribution in [2.24, 2.45) is 11.3 Å². The van der Waals surface area contributed by atoms with Crippen LogP contribution in [-0.2, 0) is 4.74 Å². The molecule has 4 nitrogen and oxygen atoms in total. The van der Waals surface area contributed by atoms with Crippen LogP contribution in [0.4, 0.5) is 4.79 Å². The van der Waals surface area contributed by atoms with Gasteiger partial charge in [0.1, 0.15) is 0 Å². The first kappa shape index (κ1) is 14.6. The summed E-state index contributed by atoms with van der Waals surface area (Å²) in [6, 6.07) is 0.175. The molecule has 1 aliphatic carbocycles. The molecule has 1 heterocycles. The van der Waals surface area contributed by atoms with Crippen molar-refractivity contribution in [1.29, 1.82) is 0 Å². The van der Waals surface area contributed by atoms with E-state index in [1.165, 1.54) is 25.7 Å². The first-order chi connectivity index (χ1) is 9.01. The Kier molecular flexibility index (Phi) is 4.71. The van der Waals surface area contributed by atoms with Gasteiger partial charge in [-0.05, 0) is 37.5 Å². The number of nitrogens with zero attached hydrogens (tertiary/aromatic N) is 1. The van der Waals surface area contributed by atoms with Crippen LogP contribution in [0.1, 0.15) is 46.5 Å². The highest BCUT2D eigenvalue weighted by molar-refractivity contribution is 5.74.